The second-order valence-corrected chi connectivity index (χ2v) is 5.18. The normalized spacial score (nSPS) is 22.2. The average Bonchev–Trinajstić information content (AvgIpc) is 2.29. The first kappa shape index (κ1) is 12.1. The summed E-state index contributed by atoms with van der Waals surface area (Å²) in [5, 5.41) is 1.08. The van der Waals surface area contributed by atoms with Crippen LogP contribution in [0.1, 0.15) is 18.4 Å². The van der Waals surface area contributed by atoms with E-state index in [-0.39, 0.29) is 5.82 Å². The van der Waals surface area contributed by atoms with Gasteiger partial charge in [0.05, 0.1) is 0 Å². The van der Waals surface area contributed by atoms with Crippen LogP contribution >= 0.6 is 15.9 Å². The highest BCUT2D eigenvalue weighted by atomic mass is 79.9. The maximum absolute atomic E-state index is 13.0. The highest BCUT2D eigenvalue weighted by molar-refractivity contribution is 9.09. The third-order valence-corrected chi connectivity index (χ3v) is 4.03. The number of hydrogen-bond donors (Lipinski definition) is 0. The third kappa shape index (κ3) is 3.29. The Balaban J connectivity index is 1.94. The van der Waals surface area contributed by atoms with Crippen LogP contribution in [0.2, 0.25) is 0 Å². The van der Waals surface area contributed by atoms with Gasteiger partial charge in [0.25, 0.3) is 0 Å². The van der Waals surface area contributed by atoms with E-state index >= 15 is 0 Å². The molecule has 0 saturated carbocycles. The molecule has 1 aliphatic rings. The first-order chi connectivity index (χ1) is 7.78. The van der Waals surface area contributed by atoms with E-state index in [9.17, 15) is 4.39 Å². The zero-order valence-electron chi connectivity index (χ0n) is 9.33. The lowest BCUT2D eigenvalue weighted by atomic mass is 10.00. The van der Waals surface area contributed by atoms with E-state index in [2.05, 4.69) is 20.8 Å². The monoisotopic (exact) mass is 285 g/mol. The fraction of sp³-hybridized carbons (Fsp3) is 0.538. The van der Waals surface area contributed by atoms with Gasteiger partial charge < -0.3 is 0 Å². The molecule has 0 amide bonds. The molecule has 1 aromatic carbocycles. The third-order valence-electron chi connectivity index (χ3n) is 3.12. The number of alkyl halides is 1. The molecule has 88 valence electrons. The van der Waals surface area contributed by atoms with Crippen LogP contribution in [0.15, 0.2) is 24.3 Å². The van der Waals surface area contributed by atoms with E-state index in [1.807, 2.05) is 6.07 Å². The number of piperidine rings is 1. The standard InChI is InChI=1S/C13H17BrFN/c14-8-12-4-2-6-16(10-12)9-11-3-1-5-13(15)7-11/h1,3,5,7,12H,2,4,6,8-10H2/t12-/m1/s1. The highest BCUT2D eigenvalue weighted by Gasteiger charge is 2.18. The molecule has 0 spiro atoms. The molecule has 1 atom stereocenters. The molecule has 1 heterocycles. The van der Waals surface area contributed by atoms with Gasteiger partial charge in [-0.15, -0.1) is 0 Å². The predicted octanol–water partition coefficient (Wildman–Crippen LogP) is 3.43. The summed E-state index contributed by atoms with van der Waals surface area (Å²) in [5.74, 6) is 0.619. The number of benzene rings is 1. The van der Waals surface area contributed by atoms with Crippen LogP contribution < -0.4 is 0 Å². The van der Waals surface area contributed by atoms with E-state index in [4.69, 9.17) is 0 Å². The molecule has 0 radical (unpaired) electrons. The highest BCUT2D eigenvalue weighted by Crippen LogP contribution is 2.20. The lowest BCUT2D eigenvalue weighted by Gasteiger charge is -2.31. The van der Waals surface area contributed by atoms with Crippen molar-refractivity contribution in [2.24, 2.45) is 5.92 Å². The summed E-state index contributed by atoms with van der Waals surface area (Å²) in [4.78, 5) is 2.42. The second kappa shape index (κ2) is 5.78. The van der Waals surface area contributed by atoms with Gasteiger partial charge in [-0.3, -0.25) is 4.90 Å². The van der Waals surface area contributed by atoms with Gasteiger partial charge in [-0.2, -0.15) is 0 Å². The largest absolute Gasteiger partial charge is 0.299 e. The van der Waals surface area contributed by atoms with Gasteiger partial charge >= 0.3 is 0 Å². The Labute approximate surface area is 105 Å². The number of likely N-dealkylation sites (tertiary alicyclic amines) is 1. The molecular weight excluding hydrogens is 269 g/mol. The van der Waals surface area contributed by atoms with Crippen LogP contribution in [-0.2, 0) is 6.54 Å². The quantitative estimate of drug-likeness (QED) is 0.769. The van der Waals surface area contributed by atoms with E-state index in [0.717, 1.165) is 36.4 Å². The van der Waals surface area contributed by atoms with Crippen LogP contribution in [0.5, 0.6) is 0 Å². The maximum Gasteiger partial charge on any atom is 0.123 e. The van der Waals surface area contributed by atoms with Gasteiger partial charge in [-0.05, 0) is 43.0 Å². The van der Waals surface area contributed by atoms with Crippen LogP contribution in [-0.4, -0.2) is 23.3 Å². The summed E-state index contributed by atoms with van der Waals surface area (Å²) in [7, 11) is 0. The molecule has 0 N–H and O–H groups in total. The van der Waals surface area contributed by atoms with Crippen LogP contribution in [0.4, 0.5) is 4.39 Å². The molecule has 0 bridgehead atoms. The summed E-state index contributed by atoms with van der Waals surface area (Å²) < 4.78 is 13.0. The minimum absolute atomic E-state index is 0.133. The van der Waals surface area contributed by atoms with Crippen LogP contribution in [0.25, 0.3) is 0 Å². The van der Waals surface area contributed by atoms with Gasteiger partial charge in [0, 0.05) is 18.4 Å². The Morgan fingerprint density at radius 2 is 2.31 bits per heavy atom. The Morgan fingerprint density at radius 1 is 1.44 bits per heavy atom. The SMILES string of the molecule is Fc1cccc(CN2CCC[C@H](CBr)C2)c1. The van der Waals surface area contributed by atoms with Gasteiger partial charge in [-0.1, -0.05) is 28.1 Å². The van der Waals surface area contributed by atoms with Crippen molar-refractivity contribution in [2.75, 3.05) is 18.4 Å². The fourth-order valence-electron chi connectivity index (χ4n) is 2.31. The molecule has 1 aliphatic heterocycles. The molecule has 1 nitrogen and oxygen atoms in total. The van der Waals surface area contributed by atoms with E-state index < -0.39 is 0 Å². The number of halogens is 2. The van der Waals surface area contributed by atoms with Crippen molar-refractivity contribution in [2.45, 2.75) is 19.4 Å². The van der Waals surface area contributed by atoms with Crippen molar-refractivity contribution in [3.8, 4) is 0 Å². The number of hydrogen-bond acceptors (Lipinski definition) is 1. The summed E-state index contributed by atoms with van der Waals surface area (Å²) in [6.45, 7) is 3.14. The molecular formula is C13H17BrFN. The number of nitrogens with zero attached hydrogens (tertiary/aromatic N) is 1. The minimum Gasteiger partial charge on any atom is -0.299 e. The van der Waals surface area contributed by atoms with Gasteiger partial charge in [0.15, 0.2) is 0 Å². The second-order valence-electron chi connectivity index (χ2n) is 4.53. The molecule has 1 fully saturated rings. The fourth-order valence-corrected chi connectivity index (χ4v) is 2.84. The van der Waals surface area contributed by atoms with Gasteiger partial charge in [0.1, 0.15) is 5.82 Å². The molecule has 0 aliphatic carbocycles. The van der Waals surface area contributed by atoms with Crippen LogP contribution in [0, 0.1) is 11.7 Å². The van der Waals surface area contributed by atoms with E-state index in [1.165, 1.54) is 18.9 Å². The Kier molecular flexibility index (Phi) is 4.36. The van der Waals surface area contributed by atoms with Crippen molar-refractivity contribution in [1.29, 1.82) is 0 Å². The first-order valence-corrected chi connectivity index (χ1v) is 6.93. The van der Waals surface area contributed by atoms with Crippen molar-refractivity contribution in [3.05, 3.63) is 35.6 Å². The minimum atomic E-state index is -0.133. The molecule has 1 saturated heterocycles. The van der Waals surface area contributed by atoms with Crippen LogP contribution in [0.3, 0.4) is 0 Å². The molecule has 0 aromatic heterocycles. The molecule has 3 heteroatoms. The summed E-state index contributed by atoms with van der Waals surface area (Å²) >= 11 is 3.55. The Hall–Kier alpha value is -0.410. The van der Waals surface area contributed by atoms with Crippen molar-refractivity contribution in [3.63, 3.8) is 0 Å². The van der Waals surface area contributed by atoms with Crippen molar-refractivity contribution < 1.29 is 4.39 Å². The van der Waals surface area contributed by atoms with E-state index in [0.29, 0.717) is 0 Å². The summed E-state index contributed by atoms with van der Waals surface area (Å²) in [5.41, 5.74) is 1.08. The molecule has 16 heavy (non-hydrogen) atoms. The van der Waals surface area contributed by atoms with E-state index in [1.54, 1.807) is 12.1 Å². The molecule has 0 unspecified atom stereocenters. The summed E-state index contributed by atoms with van der Waals surface area (Å²) in [6, 6.07) is 6.93. The van der Waals surface area contributed by atoms with Crippen molar-refractivity contribution in [1.82, 2.24) is 4.90 Å². The zero-order chi connectivity index (χ0) is 11.4. The molecule has 2 rings (SSSR count). The van der Waals surface area contributed by atoms with Gasteiger partial charge in [-0.25, -0.2) is 4.39 Å². The first-order valence-electron chi connectivity index (χ1n) is 5.80. The van der Waals surface area contributed by atoms with Crippen molar-refractivity contribution >= 4 is 15.9 Å². The topological polar surface area (TPSA) is 3.24 Å². The average molecular weight is 286 g/mol. The lowest BCUT2D eigenvalue weighted by Crippen LogP contribution is -2.35. The maximum atomic E-state index is 13.0. The molecule has 1 aromatic rings. The lowest BCUT2D eigenvalue weighted by molar-refractivity contribution is 0.179. The van der Waals surface area contributed by atoms with Gasteiger partial charge in [0.2, 0.25) is 0 Å². The number of rotatable bonds is 3. The Bertz CT molecular complexity index is 342. The summed E-state index contributed by atoms with van der Waals surface area (Å²) in [6.07, 6.45) is 2.57. The zero-order valence-corrected chi connectivity index (χ0v) is 10.9. The smallest absolute Gasteiger partial charge is 0.123 e. The predicted molar refractivity (Wildman–Crippen MR) is 68.2 cm³/mol. The Morgan fingerprint density at radius 3 is 3.06 bits per heavy atom.